The molecule has 0 aromatic heterocycles. The van der Waals surface area contributed by atoms with Crippen molar-refractivity contribution in [1.82, 2.24) is 0 Å². The second-order valence-electron chi connectivity index (χ2n) is 3.82. The molecule has 0 N–H and O–H groups in total. The summed E-state index contributed by atoms with van der Waals surface area (Å²) in [4.78, 5) is 15.2. The molecule has 1 unspecified atom stereocenters. The number of hydrogen-bond acceptors (Lipinski definition) is 2. The van der Waals surface area contributed by atoms with Crippen molar-refractivity contribution in [2.75, 3.05) is 0 Å². The van der Waals surface area contributed by atoms with Crippen LogP contribution in [0.2, 0.25) is 0 Å². The minimum Gasteiger partial charge on any atom is -0.295 e. The Labute approximate surface area is 91.1 Å². The lowest BCUT2D eigenvalue weighted by Crippen LogP contribution is -2.09. The molecule has 0 saturated heterocycles. The maximum atomic E-state index is 10.9. The first-order valence-electron chi connectivity index (χ1n) is 4.77. The van der Waals surface area contributed by atoms with Crippen LogP contribution in [0.4, 0.5) is 0 Å². The third-order valence-corrected chi connectivity index (χ3v) is 2.39. The van der Waals surface area contributed by atoms with Crippen LogP contribution >= 0.6 is 11.6 Å². The van der Waals surface area contributed by atoms with Gasteiger partial charge in [0.05, 0.1) is 6.04 Å². The Bertz CT molecular complexity index is 266. The zero-order valence-corrected chi connectivity index (χ0v) is 10.2. The molecule has 0 aromatic rings. The Hall–Kier alpha value is -0.630. The molecule has 0 aromatic carbocycles. The molecule has 0 spiro atoms. The Morgan fingerprint density at radius 1 is 1.29 bits per heavy atom. The van der Waals surface area contributed by atoms with Gasteiger partial charge in [-0.2, -0.15) is 0 Å². The summed E-state index contributed by atoms with van der Waals surface area (Å²) in [6.07, 6.45) is 1.61. The molecule has 0 aliphatic rings. The normalized spacial score (nSPS) is 15.9. The minimum atomic E-state index is 0.0237. The number of Topliss-reactive ketones (excluding diaryl/α,β-unsaturated/α-hetero) is 1. The zero-order valence-electron chi connectivity index (χ0n) is 9.47. The number of halogens is 1. The highest BCUT2D eigenvalue weighted by atomic mass is 35.5. The van der Waals surface area contributed by atoms with Crippen LogP contribution in [0, 0.1) is 5.92 Å². The van der Waals surface area contributed by atoms with E-state index in [9.17, 15) is 4.79 Å². The van der Waals surface area contributed by atoms with Gasteiger partial charge in [0.1, 0.15) is 5.17 Å². The van der Waals surface area contributed by atoms with E-state index in [0.717, 1.165) is 0 Å². The van der Waals surface area contributed by atoms with E-state index in [1.807, 2.05) is 6.92 Å². The Kier molecular flexibility index (Phi) is 5.70. The lowest BCUT2D eigenvalue weighted by Gasteiger charge is -2.09. The molecule has 0 rings (SSSR count). The lowest BCUT2D eigenvalue weighted by molar-refractivity contribution is -0.113. The number of allylic oxidation sites excluding steroid dienone is 2. The summed E-state index contributed by atoms with van der Waals surface area (Å²) in [7, 11) is 0. The topological polar surface area (TPSA) is 29.4 Å². The van der Waals surface area contributed by atoms with Crippen LogP contribution in [0.25, 0.3) is 0 Å². The summed E-state index contributed by atoms with van der Waals surface area (Å²) in [6.45, 7) is 9.42. The molecular formula is C11H18ClNO. The fourth-order valence-electron chi connectivity index (χ4n) is 0.661. The van der Waals surface area contributed by atoms with Crippen LogP contribution in [-0.2, 0) is 4.79 Å². The van der Waals surface area contributed by atoms with Gasteiger partial charge in [-0.1, -0.05) is 25.4 Å². The van der Waals surface area contributed by atoms with Crippen LogP contribution < -0.4 is 0 Å². The highest BCUT2D eigenvalue weighted by Crippen LogP contribution is 2.08. The highest BCUT2D eigenvalue weighted by Gasteiger charge is 2.05. The van der Waals surface area contributed by atoms with E-state index in [1.54, 1.807) is 13.0 Å². The van der Waals surface area contributed by atoms with Crippen molar-refractivity contribution in [3.63, 3.8) is 0 Å². The zero-order chi connectivity index (χ0) is 11.3. The molecule has 0 bridgehead atoms. The van der Waals surface area contributed by atoms with Gasteiger partial charge in [0.2, 0.25) is 0 Å². The molecule has 0 fully saturated rings. The average Bonchev–Trinajstić information content (AvgIpc) is 2.03. The van der Waals surface area contributed by atoms with Crippen molar-refractivity contribution in [2.24, 2.45) is 10.9 Å². The number of hydrogen-bond donors (Lipinski definition) is 0. The van der Waals surface area contributed by atoms with Gasteiger partial charge in [0, 0.05) is 0 Å². The minimum absolute atomic E-state index is 0.0237. The van der Waals surface area contributed by atoms with E-state index in [4.69, 9.17) is 11.6 Å². The SMILES string of the molecule is CC(=O)/C(C)=C\C(Cl)=N/C(C)C(C)C. The monoisotopic (exact) mass is 215 g/mol. The second-order valence-corrected chi connectivity index (χ2v) is 4.21. The molecule has 0 amide bonds. The number of aliphatic imine (C=N–C) groups is 1. The first kappa shape index (κ1) is 13.4. The van der Waals surface area contributed by atoms with Crippen LogP contribution in [0.3, 0.4) is 0 Å². The molecule has 0 aliphatic carbocycles. The molecule has 3 heteroatoms. The maximum Gasteiger partial charge on any atom is 0.155 e. The van der Waals surface area contributed by atoms with Crippen molar-refractivity contribution < 1.29 is 4.79 Å². The number of carbonyl (C=O) groups is 1. The average molecular weight is 216 g/mol. The van der Waals surface area contributed by atoms with Gasteiger partial charge in [-0.25, -0.2) is 0 Å². The van der Waals surface area contributed by atoms with Crippen LogP contribution in [0.15, 0.2) is 16.6 Å². The third-order valence-electron chi connectivity index (χ3n) is 2.18. The van der Waals surface area contributed by atoms with E-state index >= 15 is 0 Å². The number of rotatable bonds is 4. The molecule has 1 atom stereocenters. The smallest absolute Gasteiger partial charge is 0.155 e. The fourth-order valence-corrected chi connectivity index (χ4v) is 0.979. The van der Waals surface area contributed by atoms with E-state index < -0.39 is 0 Å². The van der Waals surface area contributed by atoms with Gasteiger partial charge >= 0.3 is 0 Å². The summed E-state index contributed by atoms with van der Waals surface area (Å²) < 4.78 is 0. The standard InChI is InChI=1S/C11H18ClNO/c1-7(2)9(4)13-11(12)6-8(3)10(5)14/h6-7,9H,1-5H3/b8-6-,13-11+. The van der Waals surface area contributed by atoms with Crippen molar-refractivity contribution in [3.8, 4) is 0 Å². The molecule has 80 valence electrons. The second kappa shape index (κ2) is 5.97. The van der Waals surface area contributed by atoms with Gasteiger partial charge in [-0.3, -0.25) is 9.79 Å². The number of carbonyl (C=O) groups excluding carboxylic acids is 1. The third kappa shape index (κ3) is 5.18. The van der Waals surface area contributed by atoms with Crippen LogP contribution in [-0.4, -0.2) is 17.0 Å². The van der Waals surface area contributed by atoms with E-state index in [-0.39, 0.29) is 11.8 Å². The van der Waals surface area contributed by atoms with Crippen molar-refractivity contribution in [1.29, 1.82) is 0 Å². The maximum absolute atomic E-state index is 10.9. The van der Waals surface area contributed by atoms with E-state index in [2.05, 4.69) is 18.8 Å². The largest absolute Gasteiger partial charge is 0.295 e. The molecule has 14 heavy (non-hydrogen) atoms. The first-order chi connectivity index (χ1) is 6.34. The number of ketones is 1. The summed E-state index contributed by atoms with van der Waals surface area (Å²) >= 11 is 5.88. The van der Waals surface area contributed by atoms with Crippen LogP contribution in [0.5, 0.6) is 0 Å². The highest BCUT2D eigenvalue weighted by molar-refractivity contribution is 6.68. The van der Waals surface area contributed by atoms with Gasteiger partial charge in [-0.15, -0.1) is 0 Å². The summed E-state index contributed by atoms with van der Waals surface area (Å²) in [5.41, 5.74) is 0.634. The molecule has 0 aliphatic heterocycles. The predicted octanol–water partition coefficient (Wildman–Crippen LogP) is 3.20. The lowest BCUT2D eigenvalue weighted by atomic mass is 10.1. The number of nitrogens with zero attached hydrogens (tertiary/aromatic N) is 1. The van der Waals surface area contributed by atoms with Gasteiger partial charge < -0.3 is 0 Å². The van der Waals surface area contributed by atoms with Gasteiger partial charge in [0.25, 0.3) is 0 Å². The quantitative estimate of drug-likeness (QED) is 0.523. The predicted molar refractivity (Wildman–Crippen MR) is 62.0 cm³/mol. The van der Waals surface area contributed by atoms with E-state index in [0.29, 0.717) is 16.7 Å². The van der Waals surface area contributed by atoms with Crippen LogP contribution in [0.1, 0.15) is 34.6 Å². The summed E-state index contributed by atoms with van der Waals surface area (Å²) in [6, 6.07) is 0.179. The molecule has 0 saturated carbocycles. The summed E-state index contributed by atoms with van der Waals surface area (Å²) in [5.74, 6) is 0.477. The molecule has 0 radical (unpaired) electrons. The Morgan fingerprint density at radius 3 is 2.14 bits per heavy atom. The van der Waals surface area contributed by atoms with Crippen molar-refractivity contribution in [2.45, 2.75) is 40.7 Å². The van der Waals surface area contributed by atoms with Gasteiger partial charge in [-0.05, 0) is 38.3 Å². The summed E-state index contributed by atoms with van der Waals surface area (Å²) in [5, 5.41) is 0.402. The molecule has 0 heterocycles. The first-order valence-corrected chi connectivity index (χ1v) is 5.15. The van der Waals surface area contributed by atoms with Gasteiger partial charge in [0.15, 0.2) is 5.78 Å². The Morgan fingerprint density at radius 2 is 1.79 bits per heavy atom. The van der Waals surface area contributed by atoms with Crippen molar-refractivity contribution >= 4 is 22.6 Å². The Balaban J connectivity index is 4.55. The van der Waals surface area contributed by atoms with Crippen molar-refractivity contribution in [3.05, 3.63) is 11.6 Å². The van der Waals surface area contributed by atoms with E-state index in [1.165, 1.54) is 6.92 Å². The molecule has 2 nitrogen and oxygen atoms in total. The molecular weight excluding hydrogens is 198 g/mol. The fraction of sp³-hybridized carbons (Fsp3) is 0.636.